The molecule has 0 saturated heterocycles. The maximum atomic E-state index is 11.6. The number of nitrogens with zero attached hydrogens (tertiary/aromatic N) is 3. The maximum Gasteiger partial charge on any atom is 0.328 e. The molecule has 0 bridgehead atoms. The lowest BCUT2D eigenvalue weighted by Gasteiger charge is -2.18. The van der Waals surface area contributed by atoms with Gasteiger partial charge in [0.15, 0.2) is 11.5 Å². The number of carbonyl (C=O) groups excluding carboxylic acids is 1. The van der Waals surface area contributed by atoms with E-state index in [0.717, 1.165) is 0 Å². The molecule has 96 valence electrons. The number of hydrogen-bond donors (Lipinski definition) is 1. The van der Waals surface area contributed by atoms with E-state index in [4.69, 9.17) is 10.00 Å². The summed E-state index contributed by atoms with van der Waals surface area (Å²) in [6.07, 6.45) is 3.49. The fraction of sp³-hybridized carbons (Fsp3) is 0.500. The van der Waals surface area contributed by atoms with E-state index in [1.54, 1.807) is 0 Å². The molecule has 0 aliphatic carbocycles. The van der Waals surface area contributed by atoms with Crippen LogP contribution in [-0.2, 0) is 9.53 Å². The first-order valence-corrected chi connectivity index (χ1v) is 5.64. The summed E-state index contributed by atoms with van der Waals surface area (Å²) in [6, 6.07) is 1.39. The van der Waals surface area contributed by atoms with Crippen LogP contribution in [0, 0.1) is 17.2 Å². The Morgan fingerprint density at radius 2 is 2.17 bits per heavy atom. The monoisotopic (exact) mass is 248 g/mol. The van der Waals surface area contributed by atoms with E-state index < -0.39 is 6.04 Å². The Hall–Kier alpha value is -2.16. The van der Waals surface area contributed by atoms with Crippen LogP contribution in [-0.4, -0.2) is 29.1 Å². The van der Waals surface area contributed by atoms with E-state index in [-0.39, 0.29) is 11.7 Å². The Balaban J connectivity index is 2.89. The molecular formula is C12H16N4O2. The van der Waals surface area contributed by atoms with Crippen LogP contribution in [0.2, 0.25) is 0 Å². The van der Waals surface area contributed by atoms with Gasteiger partial charge in [-0.2, -0.15) is 5.26 Å². The van der Waals surface area contributed by atoms with Crippen molar-refractivity contribution in [2.45, 2.75) is 26.3 Å². The van der Waals surface area contributed by atoms with Crippen LogP contribution < -0.4 is 5.32 Å². The van der Waals surface area contributed by atoms with E-state index >= 15 is 0 Å². The summed E-state index contributed by atoms with van der Waals surface area (Å²) in [5.74, 6) is 0.234. The van der Waals surface area contributed by atoms with Gasteiger partial charge in [-0.25, -0.2) is 14.8 Å². The van der Waals surface area contributed by atoms with Crippen LogP contribution in [0.25, 0.3) is 0 Å². The highest BCUT2D eigenvalue weighted by Gasteiger charge is 2.22. The Morgan fingerprint density at radius 3 is 2.72 bits per heavy atom. The fourth-order valence-corrected chi connectivity index (χ4v) is 1.52. The van der Waals surface area contributed by atoms with Gasteiger partial charge >= 0.3 is 5.97 Å². The molecule has 6 nitrogen and oxygen atoms in total. The lowest BCUT2D eigenvalue weighted by atomic mass is 10.0. The van der Waals surface area contributed by atoms with E-state index in [1.807, 2.05) is 19.9 Å². The van der Waals surface area contributed by atoms with Gasteiger partial charge in [0.1, 0.15) is 12.1 Å². The zero-order valence-electron chi connectivity index (χ0n) is 10.7. The number of aromatic nitrogens is 2. The number of anilines is 1. The largest absolute Gasteiger partial charge is 0.467 e. The zero-order valence-corrected chi connectivity index (χ0v) is 10.7. The molecule has 18 heavy (non-hydrogen) atoms. The van der Waals surface area contributed by atoms with Crippen molar-refractivity contribution in [3.8, 4) is 6.07 Å². The third kappa shape index (κ3) is 3.70. The van der Waals surface area contributed by atoms with Crippen molar-refractivity contribution in [2.75, 3.05) is 12.4 Å². The second-order valence-electron chi connectivity index (χ2n) is 4.21. The van der Waals surface area contributed by atoms with Crippen molar-refractivity contribution >= 4 is 11.8 Å². The summed E-state index contributed by atoms with van der Waals surface area (Å²) in [7, 11) is 1.33. The first-order chi connectivity index (χ1) is 8.58. The minimum absolute atomic E-state index is 0.162. The lowest BCUT2D eigenvalue weighted by molar-refractivity contribution is -0.141. The van der Waals surface area contributed by atoms with E-state index in [0.29, 0.717) is 18.2 Å². The molecule has 0 radical (unpaired) electrons. The SMILES string of the molecule is COC(=O)C(CC(C)C)Nc1nccnc1C#N. The smallest absolute Gasteiger partial charge is 0.328 e. The van der Waals surface area contributed by atoms with Crippen molar-refractivity contribution in [1.82, 2.24) is 9.97 Å². The number of rotatable bonds is 5. The number of ether oxygens (including phenoxy) is 1. The fourth-order valence-electron chi connectivity index (χ4n) is 1.52. The molecule has 1 unspecified atom stereocenters. The van der Waals surface area contributed by atoms with Crippen LogP contribution in [0.1, 0.15) is 26.0 Å². The molecule has 0 saturated carbocycles. The predicted octanol–water partition coefficient (Wildman–Crippen LogP) is 1.35. The number of nitriles is 1. The molecule has 0 aliphatic rings. The average molecular weight is 248 g/mol. The van der Waals surface area contributed by atoms with Gasteiger partial charge in [-0.15, -0.1) is 0 Å². The zero-order chi connectivity index (χ0) is 13.5. The highest BCUT2D eigenvalue weighted by atomic mass is 16.5. The van der Waals surface area contributed by atoms with Crippen molar-refractivity contribution in [3.05, 3.63) is 18.1 Å². The molecule has 1 aromatic heterocycles. The first-order valence-electron chi connectivity index (χ1n) is 5.64. The maximum absolute atomic E-state index is 11.6. The molecule has 0 aromatic carbocycles. The summed E-state index contributed by atoms with van der Waals surface area (Å²) in [5, 5.41) is 11.8. The highest BCUT2D eigenvalue weighted by molar-refractivity contribution is 5.79. The second kappa shape index (κ2) is 6.55. The Bertz CT molecular complexity index is 454. The summed E-state index contributed by atoms with van der Waals surface area (Å²) in [6.45, 7) is 4.00. The Morgan fingerprint density at radius 1 is 1.50 bits per heavy atom. The second-order valence-corrected chi connectivity index (χ2v) is 4.21. The van der Waals surface area contributed by atoms with Crippen LogP contribution >= 0.6 is 0 Å². The van der Waals surface area contributed by atoms with E-state index in [1.165, 1.54) is 19.5 Å². The number of methoxy groups -OCH3 is 1. The normalized spacial score (nSPS) is 11.7. The number of hydrogen-bond acceptors (Lipinski definition) is 6. The van der Waals surface area contributed by atoms with Gasteiger partial charge in [0.05, 0.1) is 7.11 Å². The molecule has 1 N–H and O–H groups in total. The first kappa shape index (κ1) is 13.9. The predicted molar refractivity (Wildman–Crippen MR) is 65.6 cm³/mol. The Labute approximate surface area is 106 Å². The van der Waals surface area contributed by atoms with Gasteiger partial charge in [-0.1, -0.05) is 13.8 Å². The molecule has 1 aromatic rings. The summed E-state index contributed by atoms with van der Waals surface area (Å²) in [5.41, 5.74) is 0.162. The van der Waals surface area contributed by atoms with Crippen molar-refractivity contribution in [3.63, 3.8) is 0 Å². The molecule has 0 spiro atoms. The minimum Gasteiger partial charge on any atom is -0.467 e. The highest BCUT2D eigenvalue weighted by Crippen LogP contribution is 2.14. The van der Waals surface area contributed by atoms with Crippen LogP contribution in [0.4, 0.5) is 5.82 Å². The van der Waals surface area contributed by atoms with Crippen LogP contribution in [0.15, 0.2) is 12.4 Å². The summed E-state index contributed by atoms with van der Waals surface area (Å²) >= 11 is 0. The molecule has 1 rings (SSSR count). The van der Waals surface area contributed by atoms with Crippen molar-refractivity contribution in [2.24, 2.45) is 5.92 Å². The summed E-state index contributed by atoms with van der Waals surface area (Å²) in [4.78, 5) is 19.5. The van der Waals surface area contributed by atoms with Gasteiger partial charge < -0.3 is 10.1 Å². The van der Waals surface area contributed by atoms with Gasteiger partial charge in [-0.05, 0) is 12.3 Å². The van der Waals surface area contributed by atoms with Gasteiger partial charge in [0.25, 0.3) is 0 Å². The third-order valence-corrected chi connectivity index (χ3v) is 2.31. The van der Waals surface area contributed by atoms with Gasteiger partial charge in [-0.3, -0.25) is 0 Å². The number of nitrogens with one attached hydrogen (secondary N) is 1. The molecule has 6 heteroatoms. The van der Waals surface area contributed by atoms with Crippen LogP contribution in [0.3, 0.4) is 0 Å². The molecule has 0 aliphatic heterocycles. The number of esters is 1. The van der Waals surface area contributed by atoms with Crippen LogP contribution in [0.5, 0.6) is 0 Å². The van der Waals surface area contributed by atoms with Gasteiger partial charge in [0.2, 0.25) is 0 Å². The standard InChI is InChI=1S/C12H16N4O2/c1-8(2)6-9(12(17)18-3)16-11-10(7-13)14-4-5-15-11/h4-5,8-9H,6H2,1-3H3,(H,15,16). The molecule has 1 atom stereocenters. The summed E-state index contributed by atoms with van der Waals surface area (Å²) < 4.78 is 4.73. The third-order valence-electron chi connectivity index (χ3n) is 2.31. The molecule has 0 fully saturated rings. The quantitative estimate of drug-likeness (QED) is 0.791. The topological polar surface area (TPSA) is 87.9 Å². The lowest BCUT2D eigenvalue weighted by Crippen LogP contribution is -2.32. The number of carbonyl (C=O) groups is 1. The molecule has 1 heterocycles. The van der Waals surface area contributed by atoms with E-state index in [2.05, 4.69) is 15.3 Å². The van der Waals surface area contributed by atoms with Gasteiger partial charge in [0, 0.05) is 12.4 Å². The molecular weight excluding hydrogens is 232 g/mol. The molecule has 0 amide bonds. The van der Waals surface area contributed by atoms with Crippen molar-refractivity contribution < 1.29 is 9.53 Å². The minimum atomic E-state index is -0.529. The van der Waals surface area contributed by atoms with Crippen molar-refractivity contribution in [1.29, 1.82) is 5.26 Å². The van der Waals surface area contributed by atoms with E-state index in [9.17, 15) is 4.79 Å². The average Bonchev–Trinajstić information content (AvgIpc) is 2.37. The Kier molecular flexibility index (Phi) is 5.06.